The Balaban J connectivity index is 1.69. The summed E-state index contributed by atoms with van der Waals surface area (Å²) in [5, 5.41) is 0. The van der Waals surface area contributed by atoms with E-state index in [0.29, 0.717) is 29.4 Å². The van der Waals surface area contributed by atoms with Gasteiger partial charge in [0, 0.05) is 24.8 Å². The normalized spacial score (nSPS) is 18.9. The molecule has 112 valence electrons. The van der Waals surface area contributed by atoms with Crippen LogP contribution in [-0.4, -0.2) is 47.8 Å². The largest absolute Gasteiger partial charge is 0.398 e. The Labute approximate surface area is 124 Å². The first-order valence-corrected chi connectivity index (χ1v) is 7.54. The average molecular weight is 287 g/mol. The number of hydrogen-bond donors (Lipinski definition) is 1. The summed E-state index contributed by atoms with van der Waals surface area (Å²) in [6.07, 6.45) is 4.98. The van der Waals surface area contributed by atoms with Gasteiger partial charge in [-0.3, -0.25) is 14.5 Å². The maximum absolute atomic E-state index is 12.4. The number of fused-ring (bicyclic) bond motifs is 1. The van der Waals surface area contributed by atoms with Crippen LogP contribution in [0, 0.1) is 0 Å². The van der Waals surface area contributed by atoms with Gasteiger partial charge >= 0.3 is 0 Å². The number of rotatable bonds is 4. The fourth-order valence-electron chi connectivity index (χ4n) is 3.35. The molecule has 0 bridgehead atoms. The molecule has 1 aromatic rings. The zero-order valence-corrected chi connectivity index (χ0v) is 12.3. The molecule has 0 radical (unpaired) electrons. The second-order valence-corrected chi connectivity index (χ2v) is 5.95. The monoisotopic (exact) mass is 287 g/mol. The van der Waals surface area contributed by atoms with Gasteiger partial charge < -0.3 is 10.6 Å². The third kappa shape index (κ3) is 2.42. The number of imide groups is 1. The first-order valence-electron chi connectivity index (χ1n) is 7.54. The van der Waals surface area contributed by atoms with Crippen LogP contribution in [-0.2, 0) is 0 Å². The molecule has 1 fully saturated rings. The number of nitrogens with two attached hydrogens (primary N) is 1. The minimum atomic E-state index is -0.257. The highest BCUT2D eigenvalue weighted by Gasteiger charge is 2.37. The van der Waals surface area contributed by atoms with Gasteiger partial charge in [-0.15, -0.1) is 0 Å². The molecule has 5 heteroatoms. The van der Waals surface area contributed by atoms with Crippen LogP contribution in [0.2, 0.25) is 0 Å². The smallest absolute Gasteiger partial charge is 0.263 e. The van der Waals surface area contributed by atoms with E-state index in [1.54, 1.807) is 18.2 Å². The first kappa shape index (κ1) is 14.1. The number of carbonyl (C=O) groups is 2. The second kappa shape index (κ2) is 5.48. The van der Waals surface area contributed by atoms with E-state index in [2.05, 4.69) is 11.9 Å². The molecule has 1 heterocycles. The molecule has 0 atom stereocenters. The van der Waals surface area contributed by atoms with Gasteiger partial charge in [-0.25, -0.2) is 0 Å². The molecule has 2 aliphatic rings. The average Bonchev–Trinajstić information content (AvgIpc) is 3.07. The predicted octanol–water partition coefficient (Wildman–Crippen LogP) is 1.74. The standard InChI is InChI=1S/C16H21N3O2/c1-18(11-5-2-3-6-11)9-10-19-15(20)12-7-4-8-13(17)14(12)16(19)21/h4,7-8,11H,2-3,5-6,9-10,17H2,1H3. The van der Waals surface area contributed by atoms with Crippen molar-refractivity contribution in [2.45, 2.75) is 31.7 Å². The third-order valence-electron chi connectivity index (χ3n) is 4.66. The number of likely N-dealkylation sites (N-methyl/N-ethyl adjacent to an activating group) is 1. The molecule has 0 saturated heterocycles. The van der Waals surface area contributed by atoms with Gasteiger partial charge in [-0.1, -0.05) is 18.9 Å². The lowest BCUT2D eigenvalue weighted by Gasteiger charge is -2.25. The van der Waals surface area contributed by atoms with Gasteiger partial charge in [0.25, 0.3) is 11.8 Å². The SMILES string of the molecule is CN(CCN1C(=O)c2cccc(N)c2C1=O)C1CCCC1. The summed E-state index contributed by atoms with van der Waals surface area (Å²) in [5.41, 5.74) is 7.02. The van der Waals surface area contributed by atoms with E-state index in [-0.39, 0.29) is 11.8 Å². The maximum Gasteiger partial charge on any atom is 0.263 e. The molecule has 21 heavy (non-hydrogen) atoms. The van der Waals surface area contributed by atoms with Gasteiger partial charge in [-0.2, -0.15) is 0 Å². The van der Waals surface area contributed by atoms with Crippen LogP contribution in [0.1, 0.15) is 46.4 Å². The van der Waals surface area contributed by atoms with Crippen LogP contribution in [0.15, 0.2) is 18.2 Å². The fraction of sp³-hybridized carbons (Fsp3) is 0.500. The molecule has 2 N–H and O–H groups in total. The Morgan fingerprint density at radius 2 is 1.95 bits per heavy atom. The maximum atomic E-state index is 12.4. The van der Waals surface area contributed by atoms with Crippen LogP contribution < -0.4 is 5.73 Å². The number of anilines is 1. The molecule has 1 aromatic carbocycles. The Bertz CT molecular complexity index is 579. The Morgan fingerprint density at radius 1 is 1.24 bits per heavy atom. The van der Waals surface area contributed by atoms with Gasteiger partial charge in [0.2, 0.25) is 0 Å². The Kier molecular flexibility index (Phi) is 3.68. The van der Waals surface area contributed by atoms with Crippen molar-refractivity contribution in [1.29, 1.82) is 0 Å². The van der Waals surface area contributed by atoms with Crippen LogP contribution in [0.25, 0.3) is 0 Å². The minimum Gasteiger partial charge on any atom is -0.398 e. The summed E-state index contributed by atoms with van der Waals surface area (Å²) in [6.45, 7) is 1.15. The van der Waals surface area contributed by atoms with Crippen molar-refractivity contribution in [1.82, 2.24) is 9.80 Å². The van der Waals surface area contributed by atoms with E-state index in [9.17, 15) is 9.59 Å². The van der Waals surface area contributed by atoms with E-state index in [4.69, 9.17) is 5.73 Å². The summed E-state index contributed by atoms with van der Waals surface area (Å²) in [7, 11) is 2.07. The molecule has 0 unspecified atom stereocenters. The van der Waals surface area contributed by atoms with Gasteiger partial charge in [-0.05, 0) is 32.0 Å². The molecule has 3 rings (SSSR count). The van der Waals surface area contributed by atoms with E-state index in [1.807, 2.05) is 0 Å². The summed E-state index contributed by atoms with van der Waals surface area (Å²) >= 11 is 0. The number of carbonyl (C=O) groups excluding carboxylic acids is 2. The summed E-state index contributed by atoms with van der Waals surface area (Å²) in [4.78, 5) is 28.3. The number of amides is 2. The van der Waals surface area contributed by atoms with Crippen molar-refractivity contribution in [3.05, 3.63) is 29.3 Å². The fourth-order valence-corrected chi connectivity index (χ4v) is 3.35. The second-order valence-electron chi connectivity index (χ2n) is 5.95. The molecule has 1 saturated carbocycles. The quantitative estimate of drug-likeness (QED) is 0.676. The van der Waals surface area contributed by atoms with Crippen molar-refractivity contribution >= 4 is 17.5 Å². The highest BCUT2D eigenvalue weighted by Crippen LogP contribution is 2.28. The zero-order chi connectivity index (χ0) is 15.0. The van der Waals surface area contributed by atoms with E-state index >= 15 is 0 Å². The van der Waals surface area contributed by atoms with Crippen LogP contribution in [0.5, 0.6) is 0 Å². The van der Waals surface area contributed by atoms with E-state index in [0.717, 1.165) is 6.54 Å². The van der Waals surface area contributed by atoms with Crippen molar-refractivity contribution < 1.29 is 9.59 Å². The molecule has 0 aromatic heterocycles. The van der Waals surface area contributed by atoms with E-state index < -0.39 is 0 Å². The Hall–Kier alpha value is -1.88. The molecule has 1 aliphatic carbocycles. The zero-order valence-electron chi connectivity index (χ0n) is 12.3. The number of benzene rings is 1. The van der Waals surface area contributed by atoms with E-state index in [1.165, 1.54) is 30.6 Å². The van der Waals surface area contributed by atoms with Gasteiger partial charge in [0.05, 0.1) is 11.1 Å². The van der Waals surface area contributed by atoms with Crippen LogP contribution in [0.4, 0.5) is 5.69 Å². The van der Waals surface area contributed by atoms with Crippen LogP contribution in [0.3, 0.4) is 0 Å². The highest BCUT2D eigenvalue weighted by molar-refractivity contribution is 6.23. The van der Waals surface area contributed by atoms with Crippen molar-refractivity contribution in [2.24, 2.45) is 0 Å². The lowest BCUT2D eigenvalue weighted by atomic mass is 10.1. The Morgan fingerprint density at radius 3 is 2.62 bits per heavy atom. The lowest BCUT2D eigenvalue weighted by molar-refractivity contribution is 0.0633. The minimum absolute atomic E-state index is 0.220. The molecular weight excluding hydrogens is 266 g/mol. The van der Waals surface area contributed by atoms with Gasteiger partial charge in [0.15, 0.2) is 0 Å². The predicted molar refractivity (Wildman–Crippen MR) is 81.1 cm³/mol. The van der Waals surface area contributed by atoms with Gasteiger partial charge in [0.1, 0.15) is 0 Å². The molecular formula is C16H21N3O2. The van der Waals surface area contributed by atoms with Crippen molar-refractivity contribution in [2.75, 3.05) is 25.9 Å². The van der Waals surface area contributed by atoms with Crippen LogP contribution >= 0.6 is 0 Å². The summed E-state index contributed by atoms with van der Waals surface area (Å²) < 4.78 is 0. The van der Waals surface area contributed by atoms with Crippen molar-refractivity contribution in [3.8, 4) is 0 Å². The molecule has 0 spiro atoms. The summed E-state index contributed by atoms with van der Waals surface area (Å²) in [6, 6.07) is 5.64. The number of hydrogen-bond acceptors (Lipinski definition) is 4. The number of nitrogen functional groups attached to an aromatic ring is 1. The topological polar surface area (TPSA) is 66.6 Å². The lowest BCUT2D eigenvalue weighted by Crippen LogP contribution is -2.40. The first-order chi connectivity index (χ1) is 10.1. The third-order valence-corrected chi connectivity index (χ3v) is 4.66. The highest BCUT2D eigenvalue weighted by atomic mass is 16.2. The molecule has 2 amide bonds. The molecule has 5 nitrogen and oxygen atoms in total. The van der Waals surface area contributed by atoms with Crippen molar-refractivity contribution in [3.63, 3.8) is 0 Å². The summed E-state index contributed by atoms with van der Waals surface area (Å²) in [5.74, 6) is -0.477. The molecule has 1 aliphatic heterocycles. The number of nitrogens with zero attached hydrogens (tertiary/aromatic N) is 2.